The van der Waals surface area contributed by atoms with E-state index in [-0.39, 0.29) is 7.33 Å². The van der Waals surface area contributed by atoms with E-state index in [0.717, 1.165) is 37.7 Å². The average molecular weight is 400 g/mol. The minimum absolute atomic E-state index is 0. The molecule has 2 heterocycles. The van der Waals surface area contributed by atoms with Crippen molar-refractivity contribution in [3.63, 3.8) is 0 Å². The van der Waals surface area contributed by atoms with Gasteiger partial charge in [0.25, 0.3) is 5.91 Å². The van der Waals surface area contributed by atoms with Crippen LogP contribution in [0.4, 0.5) is 5.69 Å². The first-order valence-electron chi connectivity index (χ1n) is 12.1. The summed E-state index contributed by atoms with van der Waals surface area (Å²) in [7, 11) is 0. The van der Waals surface area contributed by atoms with Crippen molar-refractivity contribution in [1.29, 1.82) is 0 Å². The van der Waals surface area contributed by atoms with Crippen LogP contribution >= 0.6 is 0 Å². The highest BCUT2D eigenvalue weighted by Gasteiger charge is 2.39. The molecule has 0 atom stereocenters. The lowest BCUT2D eigenvalue weighted by Gasteiger charge is -2.50. The predicted molar refractivity (Wildman–Crippen MR) is 123 cm³/mol. The Morgan fingerprint density at radius 1 is 1.03 bits per heavy atom. The number of hydrogen-bond acceptors (Lipinski definition) is 3. The van der Waals surface area contributed by atoms with Crippen LogP contribution in [0.25, 0.3) is 0 Å². The van der Waals surface area contributed by atoms with Gasteiger partial charge in [-0.2, -0.15) is 0 Å². The van der Waals surface area contributed by atoms with E-state index in [0.29, 0.717) is 5.41 Å². The molecule has 1 N–H and O–H groups in total. The lowest BCUT2D eigenvalue weighted by molar-refractivity contribution is 0.0306. The number of nitrogens with one attached hydrogen (secondary N) is 1. The Morgan fingerprint density at radius 3 is 2.28 bits per heavy atom. The number of likely N-dealkylation sites (tertiary alicyclic amines) is 1. The zero-order valence-electron chi connectivity index (χ0n) is 18.3. The Morgan fingerprint density at radius 2 is 1.69 bits per heavy atom. The lowest BCUT2D eigenvalue weighted by Crippen LogP contribution is -2.50. The summed E-state index contributed by atoms with van der Waals surface area (Å²) in [5.74, 6) is 0.0588. The molecule has 1 amide bonds. The quantitative estimate of drug-likeness (QED) is 0.649. The summed E-state index contributed by atoms with van der Waals surface area (Å²) in [5.41, 5.74) is 2.64. The highest BCUT2D eigenvalue weighted by atomic mass is 16.1. The molecular formula is C25H41N3O. The van der Waals surface area contributed by atoms with E-state index >= 15 is 0 Å². The lowest BCUT2D eigenvalue weighted by atomic mass is 9.70. The maximum atomic E-state index is 12.3. The van der Waals surface area contributed by atoms with Crippen molar-refractivity contribution >= 4 is 11.6 Å². The van der Waals surface area contributed by atoms with E-state index in [9.17, 15) is 4.79 Å². The van der Waals surface area contributed by atoms with Gasteiger partial charge in [0.05, 0.1) is 0 Å². The van der Waals surface area contributed by atoms with E-state index in [1.54, 1.807) is 0 Å². The number of carbonyl (C=O) groups excluding carboxylic acids is 1. The van der Waals surface area contributed by atoms with Crippen LogP contribution in [0.3, 0.4) is 0 Å². The highest BCUT2D eigenvalue weighted by Crippen LogP contribution is 2.43. The van der Waals surface area contributed by atoms with Crippen LogP contribution in [0.1, 0.15) is 82.9 Å². The molecule has 4 nitrogen and oxygen atoms in total. The molecule has 3 fully saturated rings. The standard InChI is InChI=1S/C25H39N3O.H2/c1-2-3-4-16-26-24(29)21-8-10-23(11-9-21)28-19-14-25(15-20-28)12-17-27(18-13-25)22-6-5-7-22;/h8-11,22H,2-7,12-20H2,1H3,(H,26,29);1H. The predicted octanol–water partition coefficient (Wildman–Crippen LogP) is 5.09. The molecule has 1 aromatic carbocycles. The molecule has 1 aliphatic carbocycles. The minimum atomic E-state index is 0. The Hall–Kier alpha value is -1.55. The Bertz CT molecular complexity index is 655. The fourth-order valence-corrected chi connectivity index (χ4v) is 5.36. The number of rotatable bonds is 7. The van der Waals surface area contributed by atoms with E-state index in [1.807, 2.05) is 12.1 Å². The number of anilines is 1. The first-order chi connectivity index (χ1) is 14.2. The van der Waals surface area contributed by atoms with Crippen molar-refractivity contribution in [3.05, 3.63) is 29.8 Å². The van der Waals surface area contributed by atoms with Crippen LogP contribution in [0.15, 0.2) is 24.3 Å². The van der Waals surface area contributed by atoms with E-state index in [1.165, 1.54) is 76.6 Å². The van der Waals surface area contributed by atoms with Crippen molar-refractivity contribution in [3.8, 4) is 0 Å². The van der Waals surface area contributed by atoms with E-state index < -0.39 is 0 Å². The number of piperidine rings is 2. The summed E-state index contributed by atoms with van der Waals surface area (Å²) in [6.07, 6.45) is 13.2. The maximum absolute atomic E-state index is 12.3. The third-order valence-electron chi connectivity index (χ3n) is 7.83. The Balaban J connectivity index is 0.00000256. The highest BCUT2D eigenvalue weighted by molar-refractivity contribution is 5.94. The SMILES string of the molecule is CCCCCNC(=O)c1ccc(N2CCC3(CC2)CCN(C2CCC2)CC3)cc1.[HH]. The third kappa shape index (κ3) is 4.96. The molecule has 4 rings (SSSR count). The molecule has 1 saturated carbocycles. The first kappa shape index (κ1) is 20.7. The minimum Gasteiger partial charge on any atom is -0.371 e. The van der Waals surface area contributed by atoms with Crippen molar-refractivity contribution in [2.45, 2.75) is 77.2 Å². The summed E-state index contributed by atoms with van der Waals surface area (Å²) < 4.78 is 0. The molecule has 1 aromatic rings. The second-order valence-electron chi connectivity index (χ2n) is 9.62. The van der Waals surface area contributed by atoms with Crippen LogP contribution < -0.4 is 10.2 Å². The summed E-state index contributed by atoms with van der Waals surface area (Å²) >= 11 is 0. The van der Waals surface area contributed by atoms with Gasteiger partial charge in [-0.25, -0.2) is 0 Å². The largest absolute Gasteiger partial charge is 0.371 e. The average Bonchev–Trinajstić information content (AvgIpc) is 2.72. The fraction of sp³-hybridized carbons (Fsp3) is 0.720. The third-order valence-corrected chi connectivity index (χ3v) is 7.83. The monoisotopic (exact) mass is 399 g/mol. The molecule has 0 bridgehead atoms. The second kappa shape index (κ2) is 9.51. The van der Waals surface area contributed by atoms with E-state index in [4.69, 9.17) is 0 Å². The molecule has 1 spiro atoms. The normalized spacial score (nSPS) is 22.4. The molecule has 29 heavy (non-hydrogen) atoms. The number of carbonyl (C=O) groups is 1. The molecule has 2 aliphatic heterocycles. The van der Waals surface area contributed by atoms with Crippen molar-refractivity contribution in [2.75, 3.05) is 37.6 Å². The second-order valence-corrected chi connectivity index (χ2v) is 9.62. The van der Waals surface area contributed by atoms with E-state index in [2.05, 4.69) is 34.2 Å². The van der Waals surface area contributed by atoms with Crippen LogP contribution in [0.2, 0.25) is 0 Å². The van der Waals surface area contributed by atoms with Crippen LogP contribution in [0.5, 0.6) is 0 Å². The van der Waals surface area contributed by atoms with Crippen LogP contribution in [-0.4, -0.2) is 49.6 Å². The zero-order chi connectivity index (χ0) is 20.1. The number of hydrogen-bond donors (Lipinski definition) is 1. The molecule has 0 unspecified atom stereocenters. The van der Waals surface area contributed by atoms with Gasteiger partial charge in [0.15, 0.2) is 0 Å². The van der Waals surface area contributed by atoms with Gasteiger partial charge in [-0.15, -0.1) is 0 Å². The molecule has 3 aliphatic rings. The molecular weight excluding hydrogens is 358 g/mol. The fourth-order valence-electron chi connectivity index (χ4n) is 5.36. The van der Waals surface area contributed by atoms with Crippen molar-refractivity contribution in [1.82, 2.24) is 10.2 Å². The number of benzene rings is 1. The summed E-state index contributed by atoms with van der Waals surface area (Å²) in [5, 5.41) is 3.03. The number of unbranched alkanes of at least 4 members (excludes halogenated alkanes) is 2. The summed E-state index contributed by atoms with van der Waals surface area (Å²) in [4.78, 5) is 17.6. The van der Waals surface area contributed by atoms with Gasteiger partial charge in [-0.3, -0.25) is 4.79 Å². The maximum Gasteiger partial charge on any atom is 0.251 e. The molecule has 0 aromatic heterocycles. The summed E-state index contributed by atoms with van der Waals surface area (Å²) in [6.45, 7) is 7.93. The topological polar surface area (TPSA) is 35.6 Å². The van der Waals surface area contributed by atoms with Gasteiger partial charge in [0.1, 0.15) is 0 Å². The number of amides is 1. The first-order valence-corrected chi connectivity index (χ1v) is 12.1. The molecule has 0 radical (unpaired) electrons. The van der Waals surface area contributed by atoms with Crippen molar-refractivity contribution in [2.24, 2.45) is 5.41 Å². The van der Waals surface area contributed by atoms with Gasteiger partial charge in [0.2, 0.25) is 0 Å². The van der Waals surface area contributed by atoms with Gasteiger partial charge >= 0.3 is 0 Å². The van der Waals surface area contributed by atoms with Crippen LogP contribution in [0, 0.1) is 5.41 Å². The van der Waals surface area contributed by atoms with Gasteiger partial charge in [-0.05, 0) is 87.7 Å². The Labute approximate surface area is 178 Å². The summed E-state index contributed by atoms with van der Waals surface area (Å²) in [6, 6.07) is 9.17. The Kier molecular flexibility index (Phi) is 6.79. The molecule has 4 heteroatoms. The smallest absolute Gasteiger partial charge is 0.251 e. The molecule has 162 valence electrons. The van der Waals surface area contributed by atoms with Gasteiger partial charge in [0, 0.05) is 38.4 Å². The zero-order valence-corrected chi connectivity index (χ0v) is 18.3. The van der Waals surface area contributed by atoms with Crippen molar-refractivity contribution < 1.29 is 6.22 Å². The van der Waals surface area contributed by atoms with Crippen LogP contribution in [-0.2, 0) is 0 Å². The number of nitrogens with zero attached hydrogens (tertiary/aromatic N) is 2. The van der Waals surface area contributed by atoms with Gasteiger partial charge in [-0.1, -0.05) is 26.2 Å². The van der Waals surface area contributed by atoms with Gasteiger partial charge < -0.3 is 15.1 Å². The molecule has 2 saturated heterocycles.